The number of carbonyl (C=O) groups is 1. The van der Waals surface area contributed by atoms with E-state index in [0.29, 0.717) is 5.69 Å². The summed E-state index contributed by atoms with van der Waals surface area (Å²) in [6, 6.07) is 10.8. The molecule has 2 aromatic rings. The first-order valence-electron chi connectivity index (χ1n) is 7.96. The number of nitrogens with one attached hydrogen (secondary N) is 1. The van der Waals surface area contributed by atoms with Gasteiger partial charge in [0.1, 0.15) is 17.4 Å². The van der Waals surface area contributed by atoms with E-state index >= 15 is 0 Å². The highest BCUT2D eigenvalue weighted by atomic mass is 19.4. The van der Waals surface area contributed by atoms with Gasteiger partial charge in [0.2, 0.25) is 0 Å². The topological polar surface area (TPSA) is 62.1 Å². The number of nitrogens with zero attached hydrogens (tertiary/aromatic N) is 1. The van der Waals surface area contributed by atoms with Crippen molar-refractivity contribution in [3.8, 4) is 11.8 Å². The zero-order valence-electron chi connectivity index (χ0n) is 14.9. The van der Waals surface area contributed by atoms with Crippen LogP contribution >= 0.6 is 0 Å². The first kappa shape index (κ1) is 20.0. The third-order valence-electron chi connectivity index (χ3n) is 3.73. The van der Waals surface area contributed by atoms with Crippen LogP contribution in [0.4, 0.5) is 18.9 Å². The van der Waals surface area contributed by atoms with Crippen LogP contribution in [0.15, 0.2) is 42.0 Å². The van der Waals surface area contributed by atoms with Crippen molar-refractivity contribution in [2.24, 2.45) is 0 Å². The first-order valence-corrected chi connectivity index (χ1v) is 7.96. The van der Waals surface area contributed by atoms with E-state index in [1.807, 2.05) is 32.9 Å². The summed E-state index contributed by atoms with van der Waals surface area (Å²) >= 11 is 0. The van der Waals surface area contributed by atoms with Crippen molar-refractivity contribution in [3.05, 3.63) is 64.2 Å². The predicted molar refractivity (Wildman–Crippen MR) is 96.0 cm³/mol. The summed E-state index contributed by atoms with van der Waals surface area (Å²) in [7, 11) is 0. The molecule has 1 amide bonds. The second kappa shape index (κ2) is 7.96. The van der Waals surface area contributed by atoms with Crippen molar-refractivity contribution < 1.29 is 22.7 Å². The fourth-order valence-electron chi connectivity index (χ4n) is 2.68. The van der Waals surface area contributed by atoms with E-state index in [0.717, 1.165) is 28.8 Å². The quantitative estimate of drug-likeness (QED) is 0.601. The highest BCUT2D eigenvalue weighted by Gasteiger charge is 2.32. The molecule has 0 aliphatic rings. The maximum atomic E-state index is 12.5. The number of nitriles is 1. The lowest BCUT2D eigenvalue weighted by Gasteiger charge is -2.13. The van der Waals surface area contributed by atoms with Gasteiger partial charge in [0.25, 0.3) is 5.91 Å². The summed E-state index contributed by atoms with van der Waals surface area (Å²) in [5.41, 5.74) is 2.85. The van der Waals surface area contributed by atoms with Crippen LogP contribution in [0.2, 0.25) is 0 Å². The molecule has 7 heteroatoms. The molecule has 4 nitrogen and oxygen atoms in total. The van der Waals surface area contributed by atoms with Crippen LogP contribution < -0.4 is 10.1 Å². The number of aryl methyl sites for hydroxylation is 3. The molecule has 0 spiro atoms. The molecule has 27 heavy (non-hydrogen) atoms. The Kier molecular flexibility index (Phi) is 5.91. The van der Waals surface area contributed by atoms with Gasteiger partial charge in [0.05, 0.1) is 0 Å². The van der Waals surface area contributed by atoms with Crippen LogP contribution in [0, 0.1) is 32.1 Å². The molecule has 2 aromatic carbocycles. The van der Waals surface area contributed by atoms with Gasteiger partial charge >= 0.3 is 6.36 Å². The molecule has 2 rings (SSSR count). The fraction of sp³-hybridized carbons (Fsp3) is 0.200. The van der Waals surface area contributed by atoms with Crippen molar-refractivity contribution in [2.75, 3.05) is 5.32 Å². The molecule has 0 aromatic heterocycles. The highest BCUT2D eigenvalue weighted by molar-refractivity contribution is 6.10. The largest absolute Gasteiger partial charge is 0.573 e. The van der Waals surface area contributed by atoms with E-state index in [1.54, 1.807) is 6.07 Å². The number of amides is 1. The SMILES string of the molecule is Cc1cc(C)c(NC(=O)/C(C#N)=C/c2ccccc2OC(F)(F)F)c(C)c1. The fourth-order valence-corrected chi connectivity index (χ4v) is 2.68. The molecular formula is C20H17F3N2O2. The summed E-state index contributed by atoms with van der Waals surface area (Å²) in [5.74, 6) is -1.21. The zero-order chi connectivity index (χ0) is 20.2. The minimum atomic E-state index is -4.88. The summed E-state index contributed by atoms with van der Waals surface area (Å²) < 4.78 is 41.5. The van der Waals surface area contributed by atoms with Gasteiger partial charge in [-0.25, -0.2) is 0 Å². The summed E-state index contributed by atoms with van der Waals surface area (Å²) in [4.78, 5) is 12.5. The smallest absolute Gasteiger partial charge is 0.405 e. The van der Waals surface area contributed by atoms with E-state index in [4.69, 9.17) is 0 Å². The van der Waals surface area contributed by atoms with Gasteiger partial charge in [0.15, 0.2) is 0 Å². The molecule has 140 valence electrons. The van der Waals surface area contributed by atoms with Gasteiger partial charge in [-0.3, -0.25) is 4.79 Å². The molecule has 0 radical (unpaired) electrons. The monoisotopic (exact) mass is 374 g/mol. The van der Waals surface area contributed by atoms with E-state index in [2.05, 4.69) is 10.1 Å². The average Bonchev–Trinajstić information content (AvgIpc) is 2.55. The third kappa shape index (κ3) is 5.35. The standard InChI is InChI=1S/C20H17F3N2O2/c1-12-8-13(2)18(14(3)9-12)25-19(26)16(11-24)10-15-6-4-5-7-17(15)27-20(21,22)23/h4-10H,1-3H3,(H,25,26)/b16-10+. The third-order valence-corrected chi connectivity index (χ3v) is 3.73. The van der Waals surface area contributed by atoms with Crippen LogP contribution in [-0.2, 0) is 4.79 Å². The molecule has 0 aliphatic carbocycles. The van der Waals surface area contributed by atoms with Crippen molar-refractivity contribution in [1.82, 2.24) is 0 Å². The Morgan fingerprint density at radius 3 is 2.30 bits per heavy atom. The maximum Gasteiger partial charge on any atom is 0.573 e. The second-order valence-corrected chi connectivity index (χ2v) is 5.98. The molecular weight excluding hydrogens is 357 g/mol. The number of anilines is 1. The Hall–Kier alpha value is -3.27. The van der Waals surface area contributed by atoms with Crippen molar-refractivity contribution >= 4 is 17.7 Å². The summed E-state index contributed by atoms with van der Waals surface area (Å²) in [6.45, 7) is 5.56. The molecule has 0 saturated carbocycles. The number of halogens is 3. The Bertz CT molecular complexity index is 918. The van der Waals surface area contributed by atoms with Crippen molar-refractivity contribution in [3.63, 3.8) is 0 Å². The number of hydrogen-bond acceptors (Lipinski definition) is 3. The molecule has 0 heterocycles. The minimum Gasteiger partial charge on any atom is -0.405 e. The summed E-state index contributed by atoms with van der Waals surface area (Å²) in [5, 5.41) is 12.0. The number of carbonyl (C=O) groups excluding carboxylic acids is 1. The van der Waals surface area contributed by atoms with Gasteiger partial charge in [0, 0.05) is 11.3 Å². The second-order valence-electron chi connectivity index (χ2n) is 5.98. The van der Waals surface area contributed by atoms with Crippen LogP contribution in [-0.4, -0.2) is 12.3 Å². The van der Waals surface area contributed by atoms with Gasteiger partial charge in [-0.2, -0.15) is 5.26 Å². The number of ether oxygens (including phenoxy) is 1. The Labute approximate surface area is 154 Å². The first-order chi connectivity index (χ1) is 12.6. The van der Waals surface area contributed by atoms with E-state index in [1.165, 1.54) is 18.2 Å². The van der Waals surface area contributed by atoms with Gasteiger partial charge in [-0.05, 0) is 44.0 Å². The summed E-state index contributed by atoms with van der Waals surface area (Å²) in [6.07, 6.45) is -3.82. The predicted octanol–water partition coefficient (Wildman–Crippen LogP) is 5.06. The zero-order valence-corrected chi connectivity index (χ0v) is 14.9. The van der Waals surface area contributed by atoms with Gasteiger partial charge < -0.3 is 10.1 Å². The Balaban J connectivity index is 2.35. The minimum absolute atomic E-state index is 0.0288. The lowest BCUT2D eigenvalue weighted by Crippen LogP contribution is -2.18. The van der Waals surface area contributed by atoms with Crippen LogP contribution in [0.3, 0.4) is 0 Å². The molecule has 0 fully saturated rings. The van der Waals surface area contributed by atoms with Crippen LogP contribution in [0.25, 0.3) is 6.08 Å². The molecule has 0 bridgehead atoms. The molecule has 1 N–H and O–H groups in total. The van der Waals surface area contributed by atoms with E-state index in [-0.39, 0.29) is 11.1 Å². The molecule has 0 atom stereocenters. The van der Waals surface area contributed by atoms with Crippen molar-refractivity contribution in [2.45, 2.75) is 27.1 Å². The van der Waals surface area contributed by atoms with Gasteiger partial charge in [-0.1, -0.05) is 35.9 Å². The number of alkyl halides is 3. The number of hydrogen-bond donors (Lipinski definition) is 1. The Morgan fingerprint density at radius 2 is 1.74 bits per heavy atom. The van der Waals surface area contributed by atoms with E-state index in [9.17, 15) is 23.2 Å². The van der Waals surface area contributed by atoms with Crippen molar-refractivity contribution in [1.29, 1.82) is 5.26 Å². The molecule has 0 saturated heterocycles. The van der Waals surface area contributed by atoms with Crippen LogP contribution in [0.5, 0.6) is 5.75 Å². The molecule has 0 aliphatic heterocycles. The normalized spacial score (nSPS) is 11.7. The highest BCUT2D eigenvalue weighted by Crippen LogP contribution is 2.28. The lowest BCUT2D eigenvalue weighted by molar-refractivity contribution is -0.274. The maximum absolute atomic E-state index is 12.5. The number of para-hydroxylation sites is 1. The van der Waals surface area contributed by atoms with Gasteiger partial charge in [-0.15, -0.1) is 13.2 Å². The average molecular weight is 374 g/mol. The van der Waals surface area contributed by atoms with E-state index < -0.39 is 18.0 Å². The Morgan fingerprint density at radius 1 is 1.15 bits per heavy atom. The lowest BCUT2D eigenvalue weighted by atomic mass is 10.0. The number of benzene rings is 2. The molecule has 0 unspecified atom stereocenters. The van der Waals surface area contributed by atoms with Crippen LogP contribution in [0.1, 0.15) is 22.3 Å². The number of rotatable bonds is 4.